The van der Waals surface area contributed by atoms with Gasteiger partial charge in [0, 0.05) is 30.3 Å². The zero-order valence-corrected chi connectivity index (χ0v) is 13.0. The number of aromatic amines is 1. The third-order valence-electron chi connectivity index (χ3n) is 4.77. The minimum atomic E-state index is 0.0567. The fourth-order valence-electron chi connectivity index (χ4n) is 3.25. The van der Waals surface area contributed by atoms with Gasteiger partial charge in [-0.25, -0.2) is 0 Å². The number of aromatic nitrogens is 2. The first-order valence-corrected chi connectivity index (χ1v) is 7.77. The van der Waals surface area contributed by atoms with E-state index in [2.05, 4.69) is 51.9 Å². The zero-order chi connectivity index (χ0) is 15.7. The van der Waals surface area contributed by atoms with Crippen molar-refractivity contribution in [2.75, 3.05) is 20.2 Å². The Balaban J connectivity index is 1.68. The quantitative estimate of drug-likeness (QED) is 0.779. The Morgan fingerprint density at radius 1 is 0.913 bits per heavy atom. The molecular formula is C19H19N3O. The average Bonchev–Trinajstić information content (AvgIpc) is 3.10. The summed E-state index contributed by atoms with van der Waals surface area (Å²) >= 11 is 0. The van der Waals surface area contributed by atoms with Gasteiger partial charge in [0.2, 0.25) is 0 Å². The maximum atomic E-state index is 5.27. The van der Waals surface area contributed by atoms with Crippen LogP contribution in [0, 0.1) is 0 Å². The van der Waals surface area contributed by atoms with Gasteiger partial charge in [-0.2, -0.15) is 5.10 Å². The predicted octanol–water partition coefficient (Wildman–Crippen LogP) is 2.97. The first kappa shape index (κ1) is 14.0. The smallest absolute Gasteiger partial charge is 0.118 e. The molecule has 0 unspecified atom stereocenters. The molecule has 3 aromatic rings. The van der Waals surface area contributed by atoms with E-state index in [0.29, 0.717) is 0 Å². The number of methoxy groups -OCH3 is 1. The Morgan fingerprint density at radius 2 is 1.57 bits per heavy atom. The molecule has 0 aliphatic carbocycles. The summed E-state index contributed by atoms with van der Waals surface area (Å²) in [5.41, 5.74) is 5.02. The zero-order valence-electron chi connectivity index (χ0n) is 13.0. The maximum Gasteiger partial charge on any atom is 0.118 e. The van der Waals surface area contributed by atoms with Crippen LogP contribution in [0.1, 0.15) is 11.1 Å². The van der Waals surface area contributed by atoms with Gasteiger partial charge >= 0.3 is 0 Å². The molecule has 0 atom stereocenters. The molecule has 1 aromatic heterocycles. The summed E-state index contributed by atoms with van der Waals surface area (Å²) in [7, 11) is 1.70. The Kier molecular flexibility index (Phi) is 3.39. The lowest BCUT2D eigenvalue weighted by Crippen LogP contribution is -2.57. The van der Waals surface area contributed by atoms with Crippen molar-refractivity contribution in [3.63, 3.8) is 0 Å². The van der Waals surface area contributed by atoms with Gasteiger partial charge in [0.25, 0.3) is 0 Å². The molecule has 4 heteroatoms. The first-order chi connectivity index (χ1) is 11.3. The van der Waals surface area contributed by atoms with Crippen LogP contribution < -0.4 is 10.1 Å². The number of hydrogen-bond acceptors (Lipinski definition) is 3. The van der Waals surface area contributed by atoms with Crippen molar-refractivity contribution in [2.45, 2.75) is 5.41 Å². The lowest BCUT2D eigenvalue weighted by Gasteiger charge is -2.44. The van der Waals surface area contributed by atoms with Gasteiger partial charge in [0.05, 0.1) is 13.3 Å². The summed E-state index contributed by atoms with van der Waals surface area (Å²) in [6.45, 7) is 1.93. The van der Waals surface area contributed by atoms with Crippen molar-refractivity contribution in [1.29, 1.82) is 0 Å². The molecule has 2 aromatic carbocycles. The van der Waals surface area contributed by atoms with E-state index in [1.54, 1.807) is 7.11 Å². The van der Waals surface area contributed by atoms with Gasteiger partial charge in [-0.3, -0.25) is 5.10 Å². The summed E-state index contributed by atoms with van der Waals surface area (Å²) in [6.07, 6.45) is 3.76. The van der Waals surface area contributed by atoms with Crippen LogP contribution >= 0.6 is 0 Å². The third kappa shape index (κ3) is 2.32. The predicted molar refractivity (Wildman–Crippen MR) is 90.7 cm³/mol. The molecule has 4 rings (SSSR count). The average molecular weight is 305 g/mol. The van der Waals surface area contributed by atoms with Crippen LogP contribution in [-0.4, -0.2) is 30.4 Å². The Labute approximate surface area is 135 Å². The summed E-state index contributed by atoms with van der Waals surface area (Å²) < 4.78 is 5.27. The minimum absolute atomic E-state index is 0.0567. The lowest BCUT2D eigenvalue weighted by molar-refractivity contribution is 0.334. The number of ether oxygens (including phenoxy) is 1. The van der Waals surface area contributed by atoms with Gasteiger partial charge < -0.3 is 10.1 Å². The minimum Gasteiger partial charge on any atom is -0.497 e. The van der Waals surface area contributed by atoms with Crippen LogP contribution in [0.3, 0.4) is 0 Å². The molecule has 0 radical (unpaired) electrons. The van der Waals surface area contributed by atoms with Crippen LogP contribution in [0.15, 0.2) is 60.9 Å². The Morgan fingerprint density at radius 3 is 2.04 bits per heavy atom. The highest BCUT2D eigenvalue weighted by Gasteiger charge is 2.40. The highest BCUT2D eigenvalue weighted by molar-refractivity contribution is 5.62. The molecule has 1 fully saturated rings. The molecule has 0 amide bonds. The fraction of sp³-hybridized carbons (Fsp3) is 0.211. The summed E-state index contributed by atoms with van der Waals surface area (Å²) in [6, 6.07) is 17.2. The van der Waals surface area contributed by atoms with Crippen molar-refractivity contribution in [2.24, 2.45) is 0 Å². The van der Waals surface area contributed by atoms with Crippen LogP contribution in [0.25, 0.3) is 11.1 Å². The summed E-state index contributed by atoms with van der Waals surface area (Å²) in [5, 5.41) is 10.3. The third-order valence-corrected chi connectivity index (χ3v) is 4.77. The standard InChI is InChI=1S/C19H19N3O/c1-23-18-8-6-17(7-9-18)19(12-20-13-19)16-4-2-14(3-5-16)15-10-21-22-11-15/h2-11,20H,12-13H2,1H3,(H,21,22). The van der Waals surface area contributed by atoms with Crippen molar-refractivity contribution in [1.82, 2.24) is 15.5 Å². The van der Waals surface area contributed by atoms with E-state index in [9.17, 15) is 0 Å². The number of rotatable bonds is 4. The van der Waals surface area contributed by atoms with Crippen molar-refractivity contribution >= 4 is 0 Å². The first-order valence-electron chi connectivity index (χ1n) is 7.77. The SMILES string of the molecule is COc1ccc(C2(c3ccc(-c4cn[nH]c4)cc3)CNC2)cc1. The van der Waals surface area contributed by atoms with Crippen LogP contribution in [0.4, 0.5) is 0 Å². The van der Waals surface area contributed by atoms with Crippen LogP contribution in [0.5, 0.6) is 5.75 Å². The summed E-state index contributed by atoms with van der Waals surface area (Å²) in [4.78, 5) is 0. The van der Waals surface area contributed by atoms with E-state index >= 15 is 0 Å². The monoisotopic (exact) mass is 305 g/mol. The Bertz CT molecular complexity index is 772. The van der Waals surface area contributed by atoms with E-state index < -0.39 is 0 Å². The largest absolute Gasteiger partial charge is 0.497 e. The maximum absolute atomic E-state index is 5.27. The van der Waals surface area contributed by atoms with Crippen LogP contribution in [0.2, 0.25) is 0 Å². The van der Waals surface area contributed by atoms with E-state index in [1.165, 1.54) is 16.7 Å². The number of nitrogens with one attached hydrogen (secondary N) is 2. The summed E-state index contributed by atoms with van der Waals surface area (Å²) in [5.74, 6) is 0.895. The molecule has 23 heavy (non-hydrogen) atoms. The topological polar surface area (TPSA) is 49.9 Å². The second-order valence-electron chi connectivity index (χ2n) is 5.98. The fourth-order valence-corrected chi connectivity index (χ4v) is 3.25. The molecule has 4 nitrogen and oxygen atoms in total. The number of nitrogens with zero attached hydrogens (tertiary/aromatic N) is 1. The molecule has 0 spiro atoms. The van der Waals surface area contributed by atoms with Crippen molar-refractivity contribution < 1.29 is 4.74 Å². The molecule has 2 heterocycles. The highest BCUT2D eigenvalue weighted by atomic mass is 16.5. The molecule has 0 bridgehead atoms. The Hall–Kier alpha value is -2.59. The molecular weight excluding hydrogens is 286 g/mol. The van der Waals surface area contributed by atoms with Crippen molar-refractivity contribution in [3.05, 3.63) is 72.1 Å². The number of benzene rings is 2. The van der Waals surface area contributed by atoms with E-state index in [0.717, 1.165) is 24.4 Å². The van der Waals surface area contributed by atoms with Gasteiger partial charge in [0.15, 0.2) is 0 Å². The van der Waals surface area contributed by atoms with Gasteiger partial charge in [-0.1, -0.05) is 36.4 Å². The van der Waals surface area contributed by atoms with Crippen molar-refractivity contribution in [3.8, 4) is 16.9 Å². The van der Waals surface area contributed by atoms with Gasteiger partial charge in [0.1, 0.15) is 5.75 Å². The number of hydrogen-bond donors (Lipinski definition) is 2. The van der Waals surface area contributed by atoms with E-state index in [-0.39, 0.29) is 5.41 Å². The molecule has 0 saturated carbocycles. The molecule has 1 aliphatic rings. The van der Waals surface area contributed by atoms with Gasteiger partial charge in [-0.15, -0.1) is 0 Å². The van der Waals surface area contributed by atoms with Crippen LogP contribution in [-0.2, 0) is 5.41 Å². The van der Waals surface area contributed by atoms with E-state index in [1.807, 2.05) is 24.5 Å². The number of H-pyrrole nitrogens is 1. The molecule has 1 saturated heterocycles. The lowest BCUT2D eigenvalue weighted by atomic mass is 9.70. The molecule has 1 aliphatic heterocycles. The van der Waals surface area contributed by atoms with Gasteiger partial charge in [-0.05, 0) is 28.8 Å². The molecule has 2 N–H and O–H groups in total. The highest BCUT2D eigenvalue weighted by Crippen LogP contribution is 2.37. The second-order valence-corrected chi connectivity index (χ2v) is 5.98. The normalized spacial score (nSPS) is 15.9. The molecule has 116 valence electrons. The van der Waals surface area contributed by atoms with E-state index in [4.69, 9.17) is 4.74 Å². The second kappa shape index (κ2) is 5.56.